The minimum Gasteiger partial charge on any atom is -0.456 e. The van der Waals surface area contributed by atoms with Crippen LogP contribution in [0.15, 0.2) is 227 Å². The van der Waals surface area contributed by atoms with E-state index in [1.165, 1.54) is 100 Å². The number of furan rings is 2. The number of anilines is 9. The van der Waals surface area contributed by atoms with Crippen molar-refractivity contribution >= 4 is 118 Å². The number of benzene rings is 11. The van der Waals surface area contributed by atoms with Gasteiger partial charge in [-0.3, -0.25) is 0 Å². The van der Waals surface area contributed by atoms with E-state index < -0.39 is 0 Å². The normalized spacial score (nSPS) is 13.0. The van der Waals surface area contributed by atoms with E-state index in [-0.39, 0.29) is 17.5 Å². The Morgan fingerprint density at radius 1 is 0.380 bits per heavy atom. The molecule has 0 unspecified atom stereocenters. The van der Waals surface area contributed by atoms with Gasteiger partial charge in [-0.05, 0) is 235 Å². The molecule has 0 saturated carbocycles. The van der Waals surface area contributed by atoms with Gasteiger partial charge in [-0.15, -0.1) is 0 Å². The number of aromatic nitrogens is 1. The molecule has 7 heteroatoms. The van der Waals surface area contributed by atoms with Crippen molar-refractivity contribution in [3.8, 4) is 28.3 Å². The highest BCUT2D eigenvalue weighted by Crippen LogP contribution is 2.52. The number of fused-ring (bicyclic) bond motifs is 9. The van der Waals surface area contributed by atoms with E-state index in [9.17, 15) is 0 Å². The lowest BCUT2D eigenvalue weighted by molar-refractivity contribution is 0.589. The van der Waals surface area contributed by atoms with Crippen LogP contribution in [0.5, 0.6) is 0 Å². The van der Waals surface area contributed by atoms with E-state index in [0.717, 1.165) is 89.7 Å². The van der Waals surface area contributed by atoms with Gasteiger partial charge in [0.15, 0.2) is 0 Å². The Morgan fingerprint density at radius 2 is 0.891 bits per heavy atom. The largest absolute Gasteiger partial charge is 0.456 e. The van der Waals surface area contributed by atoms with Crippen LogP contribution < -0.4 is 31.1 Å². The third-order valence-corrected chi connectivity index (χ3v) is 19.7. The van der Waals surface area contributed by atoms with Gasteiger partial charge in [0.1, 0.15) is 22.7 Å². The lowest BCUT2D eigenvalue weighted by atomic mass is 9.33. The van der Waals surface area contributed by atoms with Crippen molar-refractivity contribution in [3.05, 3.63) is 268 Å². The molecule has 0 spiro atoms. The zero-order chi connectivity index (χ0) is 63.4. The van der Waals surface area contributed by atoms with Crippen LogP contribution in [-0.4, -0.2) is 11.3 Å². The molecule has 0 N–H and O–H groups in total. The minimum absolute atomic E-state index is 0.0458. The Hall–Kier alpha value is -10.2. The van der Waals surface area contributed by atoms with E-state index >= 15 is 0 Å². The fourth-order valence-electron chi connectivity index (χ4n) is 15.5. The Bertz CT molecular complexity index is 5240. The molecule has 3 aromatic heterocycles. The topological polar surface area (TPSA) is 40.9 Å². The molecule has 0 fully saturated rings. The zero-order valence-corrected chi connectivity index (χ0v) is 55.0. The summed E-state index contributed by atoms with van der Waals surface area (Å²) < 4.78 is 15.6. The summed E-state index contributed by atoms with van der Waals surface area (Å²) in [6, 6.07) is 81.6. The molecule has 92 heavy (non-hydrogen) atoms. The molecule has 0 aliphatic carbocycles. The highest BCUT2D eigenvalue weighted by atomic mass is 16.3. The van der Waals surface area contributed by atoms with Gasteiger partial charge in [0.2, 0.25) is 0 Å². The number of aryl methyl sites for hydroxylation is 7. The molecule has 14 aromatic rings. The van der Waals surface area contributed by atoms with Crippen molar-refractivity contribution < 1.29 is 8.83 Å². The van der Waals surface area contributed by atoms with Crippen LogP contribution in [0.1, 0.15) is 91.6 Å². The third-order valence-electron chi connectivity index (χ3n) is 19.7. The first-order valence-electron chi connectivity index (χ1n) is 32.5. The van der Waals surface area contributed by atoms with Crippen LogP contribution in [0.2, 0.25) is 0 Å². The quantitative estimate of drug-likeness (QED) is 0.142. The number of nitrogens with zero attached hydrogens (tertiary/aromatic N) is 4. The molecular weight excluding hydrogens is 1120 g/mol. The summed E-state index contributed by atoms with van der Waals surface area (Å²) in [5.74, 6) is 1.73. The maximum atomic E-state index is 6.63. The summed E-state index contributed by atoms with van der Waals surface area (Å²) in [5, 5.41) is 4.64. The highest BCUT2D eigenvalue weighted by Gasteiger charge is 2.45. The van der Waals surface area contributed by atoms with Gasteiger partial charge >= 0.3 is 0 Å². The van der Waals surface area contributed by atoms with Crippen LogP contribution in [0.4, 0.5) is 51.2 Å². The first-order valence-corrected chi connectivity index (χ1v) is 32.5. The van der Waals surface area contributed by atoms with Crippen molar-refractivity contribution in [1.29, 1.82) is 0 Å². The van der Waals surface area contributed by atoms with E-state index in [1.807, 2.05) is 12.1 Å². The molecule has 2 aliphatic heterocycles. The number of rotatable bonds is 8. The maximum absolute atomic E-state index is 6.63. The SMILES string of the molecule is Cc1cc2c3c(c1)N(c1c(C)cc(-c4cc5ccccc5o4)cc1C)c1cc(N(c4ccc5c6ccccc6n(-c6ccccc6)c5c4)c4c(C)cc(C(C)(C)C)cc4C)ccc1B3c1cc(C(C)(C)C)ccc1N2c1c(C)cc(-c2cc3ccccc3o2)cc1C. The summed E-state index contributed by atoms with van der Waals surface area (Å²) in [7, 11) is 0. The summed E-state index contributed by atoms with van der Waals surface area (Å²) in [5.41, 5.74) is 32.3. The summed E-state index contributed by atoms with van der Waals surface area (Å²) in [4.78, 5) is 7.78. The predicted octanol–water partition coefficient (Wildman–Crippen LogP) is 21.9. The maximum Gasteiger partial charge on any atom is 0.252 e. The third kappa shape index (κ3) is 9.06. The molecule has 0 atom stereocenters. The Kier molecular flexibility index (Phi) is 12.9. The average Bonchev–Trinajstić information content (AvgIpc) is 0.899. The molecule has 0 bridgehead atoms. The predicted molar refractivity (Wildman–Crippen MR) is 390 cm³/mol. The highest BCUT2D eigenvalue weighted by molar-refractivity contribution is 7.00. The van der Waals surface area contributed by atoms with Gasteiger partial charge in [0.05, 0.1) is 28.1 Å². The summed E-state index contributed by atoms with van der Waals surface area (Å²) in [6.07, 6.45) is 0. The van der Waals surface area contributed by atoms with Gasteiger partial charge in [-0.2, -0.15) is 0 Å². The van der Waals surface area contributed by atoms with Crippen LogP contribution in [0.3, 0.4) is 0 Å². The monoisotopic (exact) mass is 1190 g/mol. The van der Waals surface area contributed by atoms with Crippen LogP contribution in [0.25, 0.3) is 72.1 Å². The molecular formula is C85H75BN4O2. The first-order chi connectivity index (χ1) is 44.2. The molecule has 0 saturated heterocycles. The Balaban J connectivity index is 0.970. The van der Waals surface area contributed by atoms with Crippen LogP contribution in [0, 0.1) is 48.5 Å². The van der Waals surface area contributed by atoms with Gasteiger partial charge < -0.3 is 28.1 Å². The Morgan fingerprint density at radius 3 is 1.47 bits per heavy atom. The van der Waals surface area contributed by atoms with E-state index in [1.54, 1.807) is 0 Å². The van der Waals surface area contributed by atoms with Crippen molar-refractivity contribution in [1.82, 2.24) is 4.57 Å². The molecule has 11 aromatic carbocycles. The van der Waals surface area contributed by atoms with Gasteiger partial charge in [0, 0.05) is 72.5 Å². The number of para-hydroxylation sites is 4. The lowest BCUT2D eigenvalue weighted by Crippen LogP contribution is -2.61. The van der Waals surface area contributed by atoms with Crippen LogP contribution >= 0.6 is 0 Å². The Labute approximate surface area is 540 Å². The minimum atomic E-state index is -0.124. The number of hydrogen-bond donors (Lipinski definition) is 0. The standard InChI is InChI=1S/C85H75BN4O2/c1-50-37-74-80-75(38-50)90(83-53(4)41-60(42-54(83)5)79-46-58-24-18-22-30-77(58)92-79)73-49-65(87(81-55(6)43-62(44-56(81)7)85(11,12)13)64-32-34-67-66-27-19-20-28-70(66)88(72(67)48-64)63-25-15-14-16-26-63)33-35-68(73)86(80)69-47-61(84(8,9)10)31-36-71(69)89(74)82-51(2)39-59(40-52(82)3)78-45-57-23-17-21-29-76(57)91-78/h14-49H,1-13H3. The number of hydrogen-bond acceptors (Lipinski definition) is 5. The molecule has 450 valence electrons. The molecule has 16 rings (SSSR count). The zero-order valence-electron chi connectivity index (χ0n) is 55.0. The van der Waals surface area contributed by atoms with E-state index in [4.69, 9.17) is 8.83 Å². The smallest absolute Gasteiger partial charge is 0.252 e. The van der Waals surface area contributed by atoms with Gasteiger partial charge in [-0.25, -0.2) is 0 Å². The summed E-state index contributed by atoms with van der Waals surface area (Å²) >= 11 is 0. The van der Waals surface area contributed by atoms with Gasteiger partial charge in [-0.1, -0.05) is 151 Å². The van der Waals surface area contributed by atoms with Crippen LogP contribution in [-0.2, 0) is 10.8 Å². The second-order valence-corrected chi connectivity index (χ2v) is 28.2. The van der Waals surface area contributed by atoms with Crippen molar-refractivity contribution in [2.45, 2.75) is 101 Å². The van der Waals surface area contributed by atoms with Crippen molar-refractivity contribution in [2.24, 2.45) is 0 Å². The van der Waals surface area contributed by atoms with Gasteiger partial charge in [0.25, 0.3) is 6.71 Å². The van der Waals surface area contributed by atoms with Crippen molar-refractivity contribution in [2.75, 3.05) is 14.7 Å². The fourth-order valence-corrected chi connectivity index (χ4v) is 15.5. The molecule has 0 radical (unpaired) electrons. The molecule has 5 heterocycles. The van der Waals surface area contributed by atoms with E-state index in [0.29, 0.717) is 0 Å². The van der Waals surface area contributed by atoms with Crippen molar-refractivity contribution in [3.63, 3.8) is 0 Å². The summed E-state index contributed by atoms with van der Waals surface area (Å²) in [6.45, 7) is 29.9. The molecule has 2 aliphatic rings. The fraction of sp³-hybridized carbons (Fsp3) is 0.176. The average molecular weight is 1200 g/mol. The molecule has 6 nitrogen and oxygen atoms in total. The lowest BCUT2D eigenvalue weighted by Gasteiger charge is -2.46. The second kappa shape index (κ2) is 20.9. The first kappa shape index (κ1) is 57.0. The second-order valence-electron chi connectivity index (χ2n) is 28.2. The molecule has 0 amide bonds. The van der Waals surface area contributed by atoms with E-state index in [2.05, 4.69) is 316 Å².